The van der Waals surface area contributed by atoms with E-state index in [0.717, 1.165) is 38.4 Å². The third-order valence-corrected chi connectivity index (χ3v) is 4.83. The average Bonchev–Trinajstić information content (AvgIpc) is 3.09. The Hall–Kier alpha value is -2.53. The van der Waals surface area contributed by atoms with Crippen molar-refractivity contribution >= 4 is 11.9 Å². The number of carbonyl (C=O) groups is 1. The molecular weight excluding hydrogens is 358 g/mol. The SMILES string of the molecule is CN1CCN(c2cc(O[C@@H]3CCN(C(=O)OC(C)(C)C)C3)cc(C#N)n2)CC1. The Morgan fingerprint density at radius 3 is 2.57 bits per heavy atom. The summed E-state index contributed by atoms with van der Waals surface area (Å²) in [5.41, 5.74) is -0.173. The summed E-state index contributed by atoms with van der Waals surface area (Å²) < 4.78 is 11.5. The molecule has 1 aromatic heterocycles. The molecule has 28 heavy (non-hydrogen) atoms. The number of anilines is 1. The molecule has 3 heterocycles. The summed E-state index contributed by atoms with van der Waals surface area (Å²) in [6.07, 6.45) is 0.291. The van der Waals surface area contributed by atoms with E-state index in [2.05, 4.69) is 27.9 Å². The van der Waals surface area contributed by atoms with Gasteiger partial charge < -0.3 is 24.2 Å². The minimum Gasteiger partial charge on any atom is -0.488 e. The van der Waals surface area contributed by atoms with Gasteiger partial charge in [-0.25, -0.2) is 9.78 Å². The molecule has 0 unspecified atom stereocenters. The molecule has 0 N–H and O–H groups in total. The van der Waals surface area contributed by atoms with Crippen LogP contribution in [0.4, 0.5) is 10.6 Å². The van der Waals surface area contributed by atoms with Crippen LogP contribution in [0, 0.1) is 11.3 Å². The van der Waals surface area contributed by atoms with E-state index in [1.54, 1.807) is 11.0 Å². The molecule has 2 saturated heterocycles. The number of ether oxygens (including phenoxy) is 2. The number of pyridine rings is 1. The van der Waals surface area contributed by atoms with E-state index in [1.807, 2.05) is 26.8 Å². The third-order valence-electron chi connectivity index (χ3n) is 4.83. The summed E-state index contributed by atoms with van der Waals surface area (Å²) in [6, 6.07) is 5.67. The van der Waals surface area contributed by atoms with E-state index in [4.69, 9.17) is 9.47 Å². The molecule has 3 rings (SSSR count). The van der Waals surface area contributed by atoms with Gasteiger partial charge in [-0.1, -0.05) is 0 Å². The Bertz CT molecular complexity index is 747. The van der Waals surface area contributed by atoms with E-state index in [-0.39, 0.29) is 12.2 Å². The number of aromatic nitrogens is 1. The van der Waals surface area contributed by atoms with Crippen molar-refractivity contribution < 1.29 is 14.3 Å². The molecule has 2 fully saturated rings. The second-order valence-electron chi connectivity index (χ2n) is 8.40. The van der Waals surface area contributed by atoms with Crippen LogP contribution >= 0.6 is 0 Å². The van der Waals surface area contributed by atoms with Gasteiger partial charge in [-0.05, 0) is 27.8 Å². The zero-order valence-corrected chi connectivity index (χ0v) is 17.1. The van der Waals surface area contributed by atoms with Crippen LogP contribution in [0.15, 0.2) is 12.1 Å². The lowest BCUT2D eigenvalue weighted by atomic mass is 10.2. The lowest BCUT2D eigenvalue weighted by Crippen LogP contribution is -2.44. The smallest absolute Gasteiger partial charge is 0.410 e. The van der Waals surface area contributed by atoms with Gasteiger partial charge in [-0.3, -0.25) is 0 Å². The summed E-state index contributed by atoms with van der Waals surface area (Å²) in [5, 5.41) is 9.35. The first-order chi connectivity index (χ1) is 13.2. The van der Waals surface area contributed by atoms with E-state index in [0.29, 0.717) is 24.5 Å². The van der Waals surface area contributed by atoms with Gasteiger partial charge in [-0.2, -0.15) is 5.26 Å². The average molecular weight is 387 g/mol. The summed E-state index contributed by atoms with van der Waals surface area (Å²) in [5.74, 6) is 1.39. The lowest BCUT2D eigenvalue weighted by Gasteiger charge is -2.33. The molecule has 152 valence electrons. The van der Waals surface area contributed by atoms with Crippen molar-refractivity contribution in [1.82, 2.24) is 14.8 Å². The number of nitriles is 1. The second kappa shape index (κ2) is 8.23. The maximum Gasteiger partial charge on any atom is 0.410 e. The van der Waals surface area contributed by atoms with Crippen LogP contribution in [0.25, 0.3) is 0 Å². The molecule has 0 saturated carbocycles. The number of nitrogens with zero attached hydrogens (tertiary/aromatic N) is 5. The minimum atomic E-state index is -0.514. The van der Waals surface area contributed by atoms with Crippen LogP contribution in [0.3, 0.4) is 0 Å². The number of rotatable bonds is 3. The Morgan fingerprint density at radius 1 is 1.21 bits per heavy atom. The Morgan fingerprint density at radius 2 is 1.93 bits per heavy atom. The van der Waals surface area contributed by atoms with Gasteiger partial charge >= 0.3 is 6.09 Å². The van der Waals surface area contributed by atoms with Crippen LogP contribution in [0.2, 0.25) is 0 Å². The van der Waals surface area contributed by atoms with Crippen molar-refractivity contribution in [2.24, 2.45) is 0 Å². The number of likely N-dealkylation sites (tertiary alicyclic amines) is 1. The third kappa shape index (κ3) is 5.26. The van der Waals surface area contributed by atoms with Crippen LogP contribution in [-0.4, -0.2) is 78.9 Å². The first-order valence-corrected chi connectivity index (χ1v) is 9.74. The monoisotopic (exact) mass is 387 g/mol. The quantitative estimate of drug-likeness (QED) is 0.785. The number of likely N-dealkylation sites (N-methyl/N-ethyl adjacent to an activating group) is 1. The van der Waals surface area contributed by atoms with Gasteiger partial charge in [0.2, 0.25) is 0 Å². The second-order valence-corrected chi connectivity index (χ2v) is 8.40. The van der Waals surface area contributed by atoms with Crippen LogP contribution < -0.4 is 9.64 Å². The normalized spacial score (nSPS) is 20.8. The maximum atomic E-state index is 12.2. The van der Waals surface area contributed by atoms with E-state index in [1.165, 1.54) is 0 Å². The molecule has 0 aromatic carbocycles. The molecule has 0 bridgehead atoms. The zero-order valence-electron chi connectivity index (χ0n) is 17.1. The molecule has 8 heteroatoms. The number of amides is 1. The predicted molar refractivity (Wildman–Crippen MR) is 106 cm³/mol. The molecular formula is C20H29N5O3. The molecule has 0 aliphatic carbocycles. The standard InChI is InChI=1S/C20H29N5O3/c1-20(2,3)28-19(26)25-6-5-16(14-25)27-17-11-15(13-21)22-18(12-17)24-9-7-23(4)8-10-24/h11-12,16H,5-10,14H2,1-4H3/t16-/m1/s1. The first-order valence-electron chi connectivity index (χ1n) is 9.74. The molecule has 1 amide bonds. The number of hydrogen-bond donors (Lipinski definition) is 0. The highest BCUT2D eigenvalue weighted by Gasteiger charge is 2.31. The highest BCUT2D eigenvalue weighted by Crippen LogP contribution is 2.25. The minimum absolute atomic E-state index is 0.123. The van der Waals surface area contributed by atoms with Gasteiger partial charge in [0, 0.05) is 51.3 Å². The fourth-order valence-electron chi connectivity index (χ4n) is 3.32. The van der Waals surface area contributed by atoms with Crippen LogP contribution in [0.1, 0.15) is 32.9 Å². The Balaban J connectivity index is 1.65. The lowest BCUT2D eigenvalue weighted by molar-refractivity contribution is 0.0275. The summed E-state index contributed by atoms with van der Waals surface area (Å²) >= 11 is 0. The summed E-state index contributed by atoms with van der Waals surface area (Å²) in [7, 11) is 2.10. The van der Waals surface area contributed by atoms with Gasteiger partial charge in [0.25, 0.3) is 0 Å². The fraction of sp³-hybridized carbons (Fsp3) is 0.650. The van der Waals surface area contributed by atoms with Crippen molar-refractivity contribution in [2.45, 2.75) is 38.9 Å². The largest absolute Gasteiger partial charge is 0.488 e. The highest BCUT2D eigenvalue weighted by molar-refractivity contribution is 5.68. The molecule has 2 aliphatic rings. The number of piperazine rings is 1. The van der Waals surface area contributed by atoms with E-state index >= 15 is 0 Å². The molecule has 2 aliphatic heterocycles. The summed E-state index contributed by atoms with van der Waals surface area (Å²) in [6.45, 7) is 10.3. The Labute approximate surface area is 166 Å². The van der Waals surface area contributed by atoms with E-state index < -0.39 is 5.60 Å². The Kier molecular flexibility index (Phi) is 5.94. The molecule has 8 nitrogen and oxygen atoms in total. The highest BCUT2D eigenvalue weighted by atomic mass is 16.6. The number of carbonyl (C=O) groups excluding carboxylic acids is 1. The topological polar surface area (TPSA) is 81.9 Å². The van der Waals surface area contributed by atoms with Crippen molar-refractivity contribution in [3.63, 3.8) is 0 Å². The van der Waals surface area contributed by atoms with E-state index in [9.17, 15) is 10.1 Å². The van der Waals surface area contributed by atoms with Gasteiger partial charge in [-0.15, -0.1) is 0 Å². The summed E-state index contributed by atoms with van der Waals surface area (Å²) in [4.78, 5) is 22.8. The van der Waals surface area contributed by atoms with Gasteiger partial charge in [0.05, 0.1) is 6.54 Å². The zero-order chi connectivity index (χ0) is 20.3. The number of hydrogen-bond acceptors (Lipinski definition) is 7. The van der Waals surface area contributed by atoms with Crippen LogP contribution in [0.5, 0.6) is 5.75 Å². The van der Waals surface area contributed by atoms with Gasteiger partial charge in [0.1, 0.15) is 35.0 Å². The first kappa shape index (κ1) is 20.2. The molecule has 0 spiro atoms. The van der Waals surface area contributed by atoms with Crippen LogP contribution in [-0.2, 0) is 4.74 Å². The molecule has 1 aromatic rings. The molecule has 0 radical (unpaired) electrons. The molecule has 1 atom stereocenters. The predicted octanol–water partition coefficient (Wildman–Crippen LogP) is 2.09. The van der Waals surface area contributed by atoms with Crippen molar-refractivity contribution in [3.8, 4) is 11.8 Å². The van der Waals surface area contributed by atoms with Gasteiger partial charge in [0.15, 0.2) is 0 Å². The van der Waals surface area contributed by atoms with Crippen molar-refractivity contribution in [2.75, 3.05) is 51.2 Å². The maximum absolute atomic E-state index is 12.2. The van der Waals surface area contributed by atoms with Crippen molar-refractivity contribution in [3.05, 3.63) is 17.8 Å². The fourth-order valence-corrected chi connectivity index (χ4v) is 3.32. The van der Waals surface area contributed by atoms with Crippen molar-refractivity contribution in [1.29, 1.82) is 5.26 Å².